The minimum atomic E-state index is 0.138. The van der Waals surface area contributed by atoms with Crippen LogP contribution >= 0.6 is 11.6 Å². The maximum absolute atomic E-state index is 12.5. The second kappa shape index (κ2) is 9.20. The van der Waals surface area contributed by atoms with Crippen LogP contribution in [0, 0.1) is 5.92 Å². The molecule has 0 radical (unpaired) electrons. The highest BCUT2D eigenvalue weighted by Crippen LogP contribution is 2.20. The van der Waals surface area contributed by atoms with Gasteiger partial charge in [-0.2, -0.15) is 0 Å². The van der Waals surface area contributed by atoms with E-state index < -0.39 is 0 Å². The zero-order valence-corrected chi connectivity index (χ0v) is 16.1. The quantitative estimate of drug-likeness (QED) is 0.813. The van der Waals surface area contributed by atoms with E-state index in [0.29, 0.717) is 12.5 Å². The number of likely N-dealkylation sites (tertiary alicyclic amines) is 1. The van der Waals surface area contributed by atoms with Crippen LogP contribution in [0.15, 0.2) is 54.6 Å². The molecule has 0 bridgehead atoms. The number of nitrogens with one attached hydrogen (secondary N) is 1. The predicted molar refractivity (Wildman–Crippen MR) is 107 cm³/mol. The second-order valence-corrected chi connectivity index (χ2v) is 7.67. The van der Waals surface area contributed by atoms with Gasteiger partial charge in [0.25, 0.3) is 0 Å². The molecule has 1 atom stereocenters. The van der Waals surface area contributed by atoms with Crippen LogP contribution in [0.5, 0.6) is 0 Å². The molecule has 3 nitrogen and oxygen atoms in total. The van der Waals surface area contributed by atoms with E-state index >= 15 is 0 Å². The lowest BCUT2D eigenvalue weighted by molar-refractivity contribution is -0.126. The smallest absolute Gasteiger partial charge is 0.223 e. The standard InChI is InChI=1S/C22H27ClN2O/c1-17(19-5-3-2-4-6-19)15-24-22(26)20-11-13-25(14-12-20)16-18-7-9-21(23)10-8-18/h2-10,17,20H,11-16H2,1H3,(H,24,26)/t17-/m0/s1. The summed E-state index contributed by atoms with van der Waals surface area (Å²) < 4.78 is 0. The van der Waals surface area contributed by atoms with Crippen LogP contribution in [-0.4, -0.2) is 30.4 Å². The normalized spacial score (nSPS) is 17.0. The highest BCUT2D eigenvalue weighted by molar-refractivity contribution is 6.30. The number of hydrogen-bond acceptors (Lipinski definition) is 2. The first-order chi connectivity index (χ1) is 12.6. The van der Waals surface area contributed by atoms with E-state index in [1.54, 1.807) is 0 Å². The number of rotatable bonds is 6. The fourth-order valence-corrected chi connectivity index (χ4v) is 3.62. The van der Waals surface area contributed by atoms with Gasteiger partial charge in [-0.3, -0.25) is 9.69 Å². The molecule has 1 aliphatic rings. The van der Waals surface area contributed by atoms with Gasteiger partial charge in [0, 0.05) is 24.0 Å². The third-order valence-corrected chi connectivity index (χ3v) is 5.48. The summed E-state index contributed by atoms with van der Waals surface area (Å²) in [5.41, 5.74) is 2.54. The SMILES string of the molecule is C[C@@H](CNC(=O)C1CCN(Cc2ccc(Cl)cc2)CC1)c1ccccc1. The first kappa shape index (κ1) is 18.9. The van der Waals surface area contributed by atoms with E-state index in [2.05, 4.69) is 41.4 Å². The highest BCUT2D eigenvalue weighted by atomic mass is 35.5. The summed E-state index contributed by atoms with van der Waals surface area (Å²) in [5, 5.41) is 3.92. The Labute approximate surface area is 161 Å². The van der Waals surface area contributed by atoms with Crippen molar-refractivity contribution in [1.29, 1.82) is 0 Å². The summed E-state index contributed by atoms with van der Waals surface area (Å²) in [4.78, 5) is 14.9. The van der Waals surface area contributed by atoms with Gasteiger partial charge in [0.1, 0.15) is 0 Å². The molecule has 2 aromatic carbocycles. The van der Waals surface area contributed by atoms with E-state index in [-0.39, 0.29) is 11.8 Å². The summed E-state index contributed by atoms with van der Waals surface area (Å²) in [7, 11) is 0. The van der Waals surface area contributed by atoms with Crippen molar-refractivity contribution in [1.82, 2.24) is 10.2 Å². The Hall–Kier alpha value is -1.84. The largest absolute Gasteiger partial charge is 0.355 e. The maximum atomic E-state index is 12.5. The summed E-state index contributed by atoms with van der Waals surface area (Å²) in [6, 6.07) is 18.4. The molecule has 0 spiro atoms. The van der Waals surface area contributed by atoms with Crippen molar-refractivity contribution in [2.45, 2.75) is 32.2 Å². The Morgan fingerprint density at radius 2 is 1.77 bits per heavy atom. The van der Waals surface area contributed by atoms with Gasteiger partial charge in [-0.25, -0.2) is 0 Å². The molecular weight excluding hydrogens is 344 g/mol. The topological polar surface area (TPSA) is 32.3 Å². The number of nitrogens with zero attached hydrogens (tertiary/aromatic N) is 1. The lowest BCUT2D eigenvalue weighted by atomic mass is 9.95. The first-order valence-corrected chi connectivity index (χ1v) is 9.79. The molecule has 1 N–H and O–H groups in total. The van der Waals surface area contributed by atoms with Crippen molar-refractivity contribution in [3.63, 3.8) is 0 Å². The van der Waals surface area contributed by atoms with E-state index in [0.717, 1.165) is 37.5 Å². The van der Waals surface area contributed by atoms with Gasteiger partial charge in [-0.05, 0) is 55.1 Å². The molecular formula is C22H27ClN2O. The number of hydrogen-bond donors (Lipinski definition) is 1. The van der Waals surface area contributed by atoms with Crippen molar-refractivity contribution >= 4 is 17.5 Å². The lowest BCUT2D eigenvalue weighted by Crippen LogP contribution is -2.41. The van der Waals surface area contributed by atoms with Crippen molar-refractivity contribution in [2.24, 2.45) is 5.92 Å². The molecule has 1 amide bonds. The van der Waals surface area contributed by atoms with Crippen LogP contribution in [0.3, 0.4) is 0 Å². The highest BCUT2D eigenvalue weighted by Gasteiger charge is 2.25. The zero-order valence-electron chi connectivity index (χ0n) is 15.3. The molecule has 0 unspecified atom stereocenters. The average Bonchev–Trinajstić information content (AvgIpc) is 2.69. The van der Waals surface area contributed by atoms with E-state index in [9.17, 15) is 4.79 Å². The number of piperidine rings is 1. The molecule has 0 saturated carbocycles. The summed E-state index contributed by atoms with van der Waals surface area (Å²) in [5.74, 6) is 0.684. The summed E-state index contributed by atoms with van der Waals surface area (Å²) >= 11 is 5.94. The summed E-state index contributed by atoms with van der Waals surface area (Å²) in [6.07, 6.45) is 1.86. The van der Waals surface area contributed by atoms with E-state index in [1.807, 2.05) is 30.3 Å². The van der Waals surface area contributed by atoms with Gasteiger partial charge in [-0.15, -0.1) is 0 Å². The zero-order chi connectivity index (χ0) is 18.4. The fraction of sp³-hybridized carbons (Fsp3) is 0.409. The third-order valence-electron chi connectivity index (χ3n) is 5.23. The van der Waals surface area contributed by atoms with E-state index in [1.165, 1.54) is 11.1 Å². The maximum Gasteiger partial charge on any atom is 0.223 e. The van der Waals surface area contributed by atoms with Crippen molar-refractivity contribution < 1.29 is 4.79 Å². The molecule has 0 aromatic heterocycles. The molecule has 1 fully saturated rings. The number of benzene rings is 2. The van der Waals surface area contributed by atoms with Crippen LogP contribution in [0.25, 0.3) is 0 Å². The van der Waals surface area contributed by atoms with Gasteiger partial charge >= 0.3 is 0 Å². The minimum absolute atomic E-state index is 0.138. The number of halogens is 1. The molecule has 138 valence electrons. The second-order valence-electron chi connectivity index (χ2n) is 7.23. The van der Waals surface area contributed by atoms with Gasteiger partial charge in [-0.1, -0.05) is 61.0 Å². The summed E-state index contributed by atoms with van der Waals surface area (Å²) in [6.45, 7) is 5.72. The number of carbonyl (C=O) groups is 1. The molecule has 1 heterocycles. The molecule has 1 saturated heterocycles. The Kier molecular flexibility index (Phi) is 6.70. The van der Waals surface area contributed by atoms with E-state index in [4.69, 9.17) is 11.6 Å². The van der Waals surface area contributed by atoms with Crippen LogP contribution in [0.2, 0.25) is 5.02 Å². The van der Waals surface area contributed by atoms with Crippen molar-refractivity contribution in [3.8, 4) is 0 Å². The van der Waals surface area contributed by atoms with Gasteiger partial charge < -0.3 is 5.32 Å². The van der Waals surface area contributed by atoms with Crippen molar-refractivity contribution in [2.75, 3.05) is 19.6 Å². The van der Waals surface area contributed by atoms with Crippen LogP contribution < -0.4 is 5.32 Å². The van der Waals surface area contributed by atoms with Crippen molar-refractivity contribution in [3.05, 3.63) is 70.7 Å². The number of amides is 1. The Bertz CT molecular complexity index is 694. The van der Waals surface area contributed by atoms with Gasteiger partial charge in [0.15, 0.2) is 0 Å². The average molecular weight is 371 g/mol. The monoisotopic (exact) mass is 370 g/mol. The Morgan fingerprint density at radius 3 is 2.42 bits per heavy atom. The Balaban J connectivity index is 1.41. The van der Waals surface area contributed by atoms with Crippen LogP contribution in [0.1, 0.15) is 36.8 Å². The molecule has 2 aromatic rings. The molecule has 3 rings (SSSR count). The first-order valence-electron chi connectivity index (χ1n) is 9.41. The number of carbonyl (C=O) groups excluding carboxylic acids is 1. The Morgan fingerprint density at radius 1 is 1.12 bits per heavy atom. The molecule has 4 heteroatoms. The van der Waals surface area contributed by atoms with Gasteiger partial charge in [0.2, 0.25) is 5.91 Å². The molecule has 1 aliphatic heterocycles. The fourth-order valence-electron chi connectivity index (χ4n) is 3.50. The molecule has 0 aliphatic carbocycles. The minimum Gasteiger partial charge on any atom is -0.355 e. The predicted octanol–water partition coefficient (Wildman–Crippen LogP) is 4.47. The van der Waals surface area contributed by atoms with Gasteiger partial charge in [0.05, 0.1) is 0 Å². The van der Waals surface area contributed by atoms with Crippen LogP contribution in [0.4, 0.5) is 0 Å². The lowest BCUT2D eigenvalue weighted by Gasteiger charge is -2.31. The van der Waals surface area contributed by atoms with Crippen LogP contribution in [-0.2, 0) is 11.3 Å². The molecule has 26 heavy (non-hydrogen) atoms. The third kappa shape index (κ3) is 5.33.